The molecule has 0 radical (unpaired) electrons. The number of hydrogen-bond donors (Lipinski definition) is 2. The second kappa shape index (κ2) is 8.33. The predicted octanol–water partition coefficient (Wildman–Crippen LogP) is 1.59. The van der Waals surface area contributed by atoms with Gasteiger partial charge < -0.3 is 13.7 Å². The van der Waals surface area contributed by atoms with Gasteiger partial charge in [0.2, 0.25) is 0 Å². The number of para-hydroxylation sites is 1. The molecule has 0 unspecified atom stereocenters. The van der Waals surface area contributed by atoms with Crippen molar-refractivity contribution >= 4 is 22.8 Å². The number of pyridine rings is 1. The van der Waals surface area contributed by atoms with E-state index in [2.05, 4.69) is 10.9 Å². The Kier molecular flexibility index (Phi) is 5.68. The molecule has 8 heteroatoms. The SMILES string of the molecule is CCOCc1c(C(=O)NNC(=O)Cn2ccccc2=O)oc2ccccc12. The zero-order valence-corrected chi connectivity index (χ0v) is 14.7. The first kappa shape index (κ1) is 18.4. The van der Waals surface area contributed by atoms with Crippen molar-refractivity contribution in [2.75, 3.05) is 6.61 Å². The molecule has 2 aromatic heterocycles. The summed E-state index contributed by atoms with van der Waals surface area (Å²) in [5.74, 6) is -1.07. The van der Waals surface area contributed by atoms with E-state index in [0.29, 0.717) is 17.8 Å². The molecule has 2 heterocycles. The minimum absolute atomic E-state index is 0.0711. The Morgan fingerprint density at radius 1 is 1.11 bits per heavy atom. The third kappa shape index (κ3) is 4.24. The summed E-state index contributed by atoms with van der Waals surface area (Å²) < 4.78 is 12.3. The van der Waals surface area contributed by atoms with Crippen LogP contribution in [-0.4, -0.2) is 23.0 Å². The maximum Gasteiger partial charge on any atom is 0.305 e. The topological polar surface area (TPSA) is 103 Å². The molecular formula is C19H19N3O5. The highest BCUT2D eigenvalue weighted by Gasteiger charge is 2.21. The molecule has 0 spiro atoms. The summed E-state index contributed by atoms with van der Waals surface area (Å²) in [6.45, 7) is 2.34. The highest BCUT2D eigenvalue weighted by Crippen LogP contribution is 2.26. The number of rotatable bonds is 6. The molecule has 0 bridgehead atoms. The smallest absolute Gasteiger partial charge is 0.305 e. The predicted molar refractivity (Wildman–Crippen MR) is 97.9 cm³/mol. The fourth-order valence-corrected chi connectivity index (χ4v) is 2.60. The third-order valence-electron chi connectivity index (χ3n) is 3.88. The Balaban J connectivity index is 1.71. The average molecular weight is 369 g/mol. The monoisotopic (exact) mass is 369 g/mol. The van der Waals surface area contributed by atoms with Crippen molar-refractivity contribution in [3.63, 3.8) is 0 Å². The van der Waals surface area contributed by atoms with Gasteiger partial charge in [-0.15, -0.1) is 0 Å². The van der Waals surface area contributed by atoms with Crippen molar-refractivity contribution < 1.29 is 18.7 Å². The molecule has 140 valence electrons. The normalized spacial score (nSPS) is 10.7. The second-order valence-electron chi connectivity index (χ2n) is 5.71. The number of amides is 2. The molecule has 0 saturated carbocycles. The number of nitrogens with one attached hydrogen (secondary N) is 2. The summed E-state index contributed by atoms with van der Waals surface area (Å²) in [6.07, 6.45) is 1.49. The molecule has 3 rings (SSSR count). The first-order valence-electron chi connectivity index (χ1n) is 8.43. The number of aromatic nitrogens is 1. The highest BCUT2D eigenvalue weighted by molar-refractivity contribution is 5.99. The summed E-state index contributed by atoms with van der Waals surface area (Å²) in [7, 11) is 0. The van der Waals surface area contributed by atoms with Gasteiger partial charge in [0.15, 0.2) is 5.76 Å². The Morgan fingerprint density at radius 3 is 2.67 bits per heavy atom. The lowest BCUT2D eigenvalue weighted by molar-refractivity contribution is -0.122. The lowest BCUT2D eigenvalue weighted by Crippen LogP contribution is -2.44. The van der Waals surface area contributed by atoms with Gasteiger partial charge >= 0.3 is 5.91 Å². The summed E-state index contributed by atoms with van der Waals surface area (Å²) in [5.41, 5.74) is 5.45. The number of carbonyl (C=O) groups is 2. The van der Waals surface area contributed by atoms with E-state index >= 15 is 0 Å². The molecule has 2 amide bonds. The minimum atomic E-state index is -0.602. The van der Waals surface area contributed by atoms with Gasteiger partial charge in [0.05, 0.1) is 6.61 Å². The molecule has 0 aliphatic heterocycles. The van der Waals surface area contributed by atoms with Gasteiger partial charge in [-0.1, -0.05) is 24.3 Å². The lowest BCUT2D eigenvalue weighted by atomic mass is 10.1. The number of fused-ring (bicyclic) bond motifs is 1. The van der Waals surface area contributed by atoms with E-state index in [-0.39, 0.29) is 24.5 Å². The summed E-state index contributed by atoms with van der Waals surface area (Å²) in [6, 6.07) is 11.8. The van der Waals surface area contributed by atoms with E-state index < -0.39 is 11.8 Å². The summed E-state index contributed by atoms with van der Waals surface area (Å²) in [5, 5.41) is 0.776. The average Bonchev–Trinajstić information content (AvgIpc) is 3.05. The van der Waals surface area contributed by atoms with Gasteiger partial charge in [0.25, 0.3) is 11.5 Å². The van der Waals surface area contributed by atoms with Crippen LogP contribution in [0.2, 0.25) is 0 Å². The van der Waals surface area contributed by atoms with Crippen molar-refractivity contribution in [2.24, 2.45) is 0 Å². The number of hydrazine groups is 1. The number of ether oxygens (including phenoxy) is 1. The Bertz CT molecular complexity index is 1020. The zero-order valence-electron chi connectivity index (χ0n) is 14.7. The number of nitrogens with zero attached hydrogens (tertiary/aromatic N) is 1. The van der Waals surface area contributed by atoms with Crippen LogP contribution in [0, 0.1) is 0 Å². The zero-order chi connectivity index (χ0) is 19.2. The molecule has 0 fully saturated rings. The molecule has 2 N–H and O–H groups in total. The van der Waals surface area contributed by atoms with Crippen LogP contribution in [0.15, 0.2) is 57.9 Å². The van der Waals surface area contributed by atoms with Crippen LogP contribution in [0.5, 0.6) is 0 Å². The molecule has 0 atom stereocenters. The standard InChI is InChI=1S/C19H19N3O5/c1-2-26-12-14-13-7-3-4-8-15(13)27-18(14)19(25)21-20-16(23)11-22-10-6-5-9-17(22)24/h3-10H,2,11-12H2,1H3,(H,20,23)(H,21,25). The van der Waals surface area contributed by atoms with Gasteiger partial charge in [-0.05, 0) is 19.1 Å². The van der Waals surface area contributed by atoms with E-state index in [1.54, 1.807) is 24.3 Å². The molecule has 27 heavy (non-hydrogen) atoms. The fourth-order valence-electron chi connectivity index (χ4n) is 2.60. The van der Waals surface area contributed by atoms with Crippen LogP contribution in [0.3, 0.4) is 0 Å². The molecular weight excluding hydrogens is 350 g/mol. The van der Waals surface area contributed by atoms with Crippen LogP contribution < -0.4 is 16.4 Å². The van der Waals surface area contributed by atoms with E-state index in [0.717, 1.165) is 5.39 Å². The second-order valence-corrected chi connectivity index (χ2v) is 5.71. The maximum absolute atomic E-state index is 12.5. The van der Waals surface area contributed by atoms with Gasteiger partial charge in [-0.25, -0.2) is 0 Å². The summed E-state index contributed by atoms with van der Waals surface area (Å²) >= 11 is 0. The highest BCUT2D eigenvalue weighted by atomic mass is 16.5. The van der Waals surface area contributed by atoms with Crippen LogP contribution >= 0.6 is 0 Å². The van der Waals surface area contributed by atoms with Crippen molar-refractivity contribution in [3.05, 3.63) is 70.3 Å². The Hall–Kier alpha value is -3.39. The Labute approximate surface area is 154 Å². The first-order valence-corrected chi connectivity index (χ1v) is 8.43. The first-order chi connectivity index (χ1) is 13.1. The van der Waals surface area contributed by atoms with Crippen molar-refractivity contribution in [3.8, 4) is 0 Å². The molecule has 0 saturated heterocycles. The van der Waals surface area contributed by atoms with Crippen molar-refractivity contribution in [1.29, 1.82) is 0 Å². The van der Waals surface area contributed by atoms with Gasteiger partial charge in [0.1, 0.15) is 12.1 Å². The van der Waals surface area contributed by atoms with Gasteiger partial charge in [-0.3, -0.25) is 25.2 Å². The molecule has 3 aromatic rings. The van der Waals surface area contributed by atoms with E-state index in [4.69, 9.17) is 9.15 Å². The van der Waals surface area contributed by atoms with Crippen LogP contribution in [0.4, 0.5) is 0 Å². The molecule has 0 aliphatic carbocycles. The van der Waals surface area contributed by atoms with Crippen LogP contribution in [0.25, 0.3) is 11.0 Å². The van der Waals surface area contributed by atoms with Crippen molar-refractivity contribution in [2.45, 2.75) is 20.1 Å². The number of furan rings is 1. The molecule has 0 aliphatic rings. The molecule has 1 aromatic carbocycles. The fraction of sp³-hybridized carbons (Fsp3) is 0.211. The molecule has 8 nitrogen and oxygen atoms in total. The quantitative estimate of drug-likeness (QED) is 0.643. The summed E-state index contributed by atoms with van der Waals surface area (Å²) in [4.78, 5) is 36.1. The van der Waals surface area contributed by atoms with Crippen molar-refractivity contribution in [1.82, 2.24) is 15.4 Å². The largest absolute Gasteiger partial charge is 0.450 e. The van der Waals surface area contributed by atoms with Gasteiger partial charge in [0, 0.05) is 29.8 Å². The van der Waals surface area contributed by atoms with E-state index in [9.17, 15) is 14.4 Å². The number of carbonyl (C=O) groups excluding carboxylic acids is 2. The van der Waals surface area contributed by atoms with E-state index in [1.165, 1.54) is 16.8 Å². The Morgan fingerprint density at radius 2 is 1.89 bits per heavy atom. The van der Waals surface area contributed by atoms with Crippen LogP contribution in [0.1, 0.15) is 23.0 Å². The lowest BCUT2D eigenvalue weighted by Gasteiger charge is -2.08. The maximum atomic E-state index is 12.5. The van der Waals surface area contributed by atoms with Crippen LogP contribution in [-0.2, 0) is 22.7 Å². The van der Waals surface area contributed by atoms with E-state index in [1.807, 2.05) is 19.1 Å². The number of hydrogen-bond acceptors (Lipinski definition) is 5. The number of benzene rings is 1. The third-order valence-corrected chi connectivity index (χ3v) is 3.88. The van der Waals surface area contributed by atoms with Gasteiger partial charge in [-0.2, -0.15) is 0 Å². The minimum Gasteiger partial charge on any atom is -0.450 e.